The zero-order valence-electron chi connectivity index (χ0n) is 10.8. The molecule has 2 aliphatic carbocycles. The molecule has 0 aromatic rings. The second kappa shape index (κ2) is 6.05. The Morgan fingerprint density at radius 2 is 2.12 bits per heavy atom. The van der Waals surface area contributed by atoms with Crippen LogP contribution in [-0.2, 0) is 4.79 Å². The lowest BCUT2D eigenvalue weighted by Gasteiger charge is -2.29. The number of nitrogens with two attached hydrogens (primary N) is 1. The second-order valence-corrected chi connectivity index (χ2v) is 5.65. The lowest BCUT2D eigenvalue weighted by molar-refractivity contribution is -0.123. The Balaban J connectivity index is 0.00000144. The zero-order valence-corrected chi connectivity index (χ0v) is 11.6. The van der Waals surface area contributed by atoms with Gasteiger partial charge in [-0.3, -0.25) is 4.79 Å². The first-order valence-electron chi connectivity index (χ1n) is 6.67. The highest BCUT2D eigenvalue weighted by molar-refractivity contribution is 5.85. The lowest BCUT2D eigenvalue weighted by atomic mass is 9.84. The number of hydrogen-bond donors (Lipinski definition) is 2. The lowest BCUT2D eigenvalue weighted by Crippen LogP contribution is -2.47. The average Bonchev–Trinajstić information content (AvgIpc) is 2.89. The molecule has 2 fully saturated rings. The topological polar surface area (TPSA) is 55.1 Å². The molecular weight excluding hydrogens is 236 g/mol. The standard InChI is InChI=1S/C13H24N2O.ClH/c1-3-12(14)13(16)15-8(2)11-7-9-4-5-10(11)6-9;/h8-12H,3-7,14H2,1-2H3,(H,15,16);1H/t8?,9?,10?,11?,12-;/m0./s1. The molecule has 2 saturated carbocycles. The van der Waals surface area contributed by atoms with E-state index in [0.717, 1.165) is 18.3 Å². The number of halogens is 1. The van der Waals surface area contributed by atoms with Crippen molar-refractivity contribution in [2.75, 3.05) is 0 Å². The van der Waals surface area contributed by atoms with Crippen molar-refractivity contribution >= 4 is 18.3 Å². The summed E-state index contributed by atoms with van der Waals surface area (Å²) in [7, 11) is 0. The molecule has 1 amide bonds. The van der Waals surface area contributed by atoms with Gasteiger partial charge in [-0.05, 0) is 50.4 Å². The van der Waals surface area contributed by atoms with E-state index in [0.29, 0.717) is 12.0 Å². The second-order valence-electron chi connectivity index (χ2n) is 5.65. The number of amides is 1. The molecule has 0 saturated heterocycles. The maximum atomic E-state index is 11.7. The predicted molar refractivity (Wildman–Crippen MR) is 72.1 cm³/mol. The van der Waals surface area contributed by atoms with Crippen LogP contribution in [-0.4, -0.2) is 18.0 Å². The van der Waals surface area contributed by atoms with Gasteiger partial charge in [0, 0.05) is 6.04 Å². The largest absolute Gasteiger partial charge is 0.352 e. The van der Waals surface area contributed by atoms with Gasteiger partial charge in [-0.15, -0.1) is 12.4 Å². The molecule has 3 N–H and O–H groups in total. The smallest absolute Gasteiger partial charge is 0.237 e. The number of nitrogens with one attached hydrogen (secondary N) is 1. The molecular formula is C13H25ClN2O. The molecule has 0 aromatic heterocycles. The van der Waals surface area contributed by atoms with Crippen molar-refractivity contribution in [2.45, 2.75) is 58.0 Å². The maximum Gasteiger partial charge on any atom is 0.237 e. The molecule has 0 radical (unpaired) electrons. The molecule has 4 heteroatoms. The Morgan fingerprint density at radius 1 is 1.41 bits per heavy atom. The van der Waals surface area contributed by atoms with Gasteiger partial charge in [0.1, 0.15) is 0 Å². The minimum absolute atomic E-state index is 0. The molecule has 0 heterocycles. The molecule has 4 unspecified atom stereocenters. The predicted octanol–water partition coefficient (Wildman–Crippen LogP) is 2.09. The molecule has 2 aliphatic rings. The van der Waals surface area contributed by atoms with Gasteiger partial charge in [0.15, 0.2) is 0 Å². The van der Waals surface area contributed by atoms with Crippen LogP contribution < -0.4 is 11.1 Å². The highest BCUT2D eigenvalue weighted by Crippen LogP contribution is 2.49. The SMILES string of the molecule is CC[C@H](N)C(=O)NC(C)C1CC2CCC1C2.Cl. The van der Waals surface area contributed by atoms with E-state index in [-0.39, 0.29) is 24.4 Å². The summed E-state index contributed by atoms with van der Waals surface area (Å²) >= 11 is 0. The highest BCUT2D eigenvalue weighted by atomic mass is 35.5. The molecule has 0 spiro atoms. The number of carbonyl (C=O) groups excluding carboxylic acids is 1. The monoisotopic (exact) mass is 260 g/mol. The number of rotatable bonds is 4. The molecule has 17 heavy (non-hydrogen) atoms. The first-order valence-corrected chi connectivity index (χ1v) is 6.67. The average molecular weight is 261 g/mol. The van der Waals surface area contributed by atoms with Crippen LogP contribution in [0, 0.1) is 17.8 Å². The van der Waals surface area contributed by atoms with Gasteiger partial charge in [-0.1, -0.05) is 13.3 Å². The molecule has 100 valence electrons. The molecule has 0 aromatic carbocycles. The van der Waals surface area contributed by atoms with Crippen molar-refractivity contribution in [3.8, 4) is 0 Å². The van der Waals surface area contributed by atoms with Crippen molar-refractivity contribution in [1.82, 2.24) is 5.32 Å². The van der Waals surface area contributed by atoms with Crippen LogP contribution in [0.3, 0.4) is 0 Å². The zero-order chi connectivity index (χ0) is 11.7. The van der Waals surface area contributed by atoms with Crippen LogP contribution in [0.25, 0.3) is 0 Å². The van der Waals surface area contributed by atoms with Gasteiger partial charge in [0.25, 0.3) is 0 Å². The van der Waals surface area contributed by atoms with Crippen LogP contribution in [0.4, 0.5) is 0 Å². The third-order valence-corrected chi connectivity index (χ3v) is 4.58. The third kappa shape index (κ3) is 3.14. The van der Waals surface area contributed by atoms with E-state index in [1.54, 1.807) is 0 Å². The van der Waals surface area contributed by atoms with E-state index in [1.165, 1.54) is 25.7 Å². The number of hydrogen-bond acceptors (Lipinski definition) is 2. The van der Waals surface area contributed by atoms with Crippen LogP contribution in [0.5, 0.6) is 0 Å². The van der Waals surface area contributed by atoms with Crippen LogP contribution in [0.2, 0.25) is 0 Å². The minimum atomic E-state index is -0.332. The Hall–Kier alpha value is -0.280. The Kier molecular flexibility index (Phi) is 5.26. The van der Waals surface area contributed by atoms with E-state index < -0.39 is 0 Å². The normalized spacial score (nSPS) is 33.9. The summed E-state index contributed by atoms with van der Waals surface area (Å²) in [5.74, 6) is 2.52. The first kappa shape index (κ1) is 14.8. The van der Waals surface area contributed by atoms with Crippen molar-refractivity contribution in [1.29, 1.82) is 0 Å². The van der Waals surface area contributed by atoms with Crippen molar-refractivity contribution < 1.29 is 4.79 Å². The van der Waals surface area contributed by atoms with Crippen LogP contribution >= 0.6 is 12.4 Å². The highest BCUT2D eigenvalue weighted by Gasteiger charge is 2.42. The Morgan fingerprint density at radius 3 is 2.59 bits per heavy atom. The van der Waals surface area contributed by atoms with Gasteiger partial charge >= 0.3 is 0 Å². The summed E-state index contributed by atoms with van der Waals surface area (Å²) in [5.41, 5.74) is 5.73. The summed E-state index contributed by atoms with van der Waals surface area (Å²) in [6.45, 7) is 4.10. The van der Waals surface area contributed by atoms with Gasteiger partial charge in [-0.25, -0.2) is 0 Å². The first-order chi connectivity index (χ1) is 7.61. The fourth-order valence-corrected chi connectivity index (χ4v) is 3.53. The number of fused-ring (bicyclic) bond motifs is 2. The van der Waals surface area contributed by atoms with Gasteiger partial charge in [0.05, 0.1) is 6.04 Å². The summed E-state index contributed by atoms with van der Waals surface area (Å²) in [6.07, 6.45) is 6.21. The van der Waals surface area contributed by atoms with Crippen molar-refractivity contribution in [3.63, 3.8) is 0 Å². The van der Waals surface area contributed by atoms with E-state index in [4.69, 9.17) is 5.73 Å². The fourth-order valence-electron chi connectivity index (χ4n) is 3.53. The summed E-state index contributed by atoms with van der Waals surface area (Å²) < 4.78 is 0. The molecule has 0 aliphatic heterocycles. The molecule has 5 atom stereocenters. The summed E-state index contributed by atoms with van der Waals surface area (Å²) in [6, 6.07) is -0.0264. The van der Waals surface area contributed by atoms with Crippen molar-refractivity contribution in [2.24, 2.45) is 23.5 Å². The summed E-state index contributed by atoms with van der Waals surface area (Å²) in [4.78, 5) is 11.7. The summed E-state index contributed by atoms with van der Waals surface area (Å²) in [5, 5.41) is 3.09. The Bertz CT molecular complexity index is 272. The van der Waals surface area contributed by atoms with Crippen LogP contribution in [0.15, 0.2) is 0 Å². The van der Waals surface area contributed by atoms with E-state index in [9.17, 15) is 4.79 Å². The van der Waals surface area contributed by atoms with Gasteiger partial charge < -0.3 is 11.1 Å². The molecule has 2 bridgehead atoms. The van der Waals surface area contributed by atoms with Gasteiger partial charge in [0.2, 0.25) is 5.91 Å². The third-order valence-electron chi connectivity index (χ3n) is 4.58. The van der Waals surface area contributed by atoms with Crippen LogP contribution in [0.1, 0.15) is 46.0 Å². The van der Waals surface area contributed by atoms with E-state index in [1.807, 2.05) is 6.92 Å². The molecule has 3 nitrogen and oxygen atoms in total. The van der Waals surface area contributed by atoms with Crippen molar-refractivity contribution in [3.05, 3.63) is 0 Å². The molecule has 2 rings (SSSR count). The number of carbonyl (C=O) groups is 1. The maximum absolute atomic E-state index is 11.7. The minimum Gasteiger partial charge on any atom is -0.352 e. The Labute approximate surface area is 110 Å². The van der Waals surface area contributed by atoms with E-state index >= 15 is 0 Å². The van der Waals surface area contributed by atoms with E-state index in [2.05, 4.69) is 12.2 Å². The fraction of sp³-hybridized carbons (Fsp3) is 0.923. The quantitative estimate of drug-likeness (QED) is 0.813. The van der Waals surface area contributed by atoms with Gasteiger partial charge in [-0.2, -0.15) is 0 Å².